The lowest BCUT2D eigenvalue weighted by atomic mass is 10.1. The van der Waals surface area contributed by atoms with Crippen LogP contribution in [0.4, 0.5) is 18.0 Å². The Morgan fingerprint density at radius 2 is 1.96 bits per heavy atom. The summed E-state index contributed by atoms with van der Waals surface area (Å²) in [5.41, 5.74) is 2.15. The van der Waals surface area contributed by atoms with Gasteiger partial charge in [0.2, 0.25) is 0 Å². The van der Waals surface area contributed by atoms with Gasteiger partial charge in [-0.2, -0.15) is 13.2 Å². The lowest BCUT2D eigenvalue weighted by Crippen LogP contribution is -2.30. The van der Waals surface area contributed by atoms with Crippen LogP contribution >= 0.6 is 0 Å². The predicted molar refractivity (Wildman–Crippen MR) is 72.1 cm³/mol. The molecule has 23 heavy (non-hydrogen) atoms. The molecule has 1 aromatic carbocycles. The number of amides is 1. The largest absolute Gasteiger partial charge is 0.465 e. The summed E-state index contributed by atoms with van der Waals surface area (Å²) in [6.45, 7) is 0.406. The minimum Gasteiger partial charge on any atom is -0.465 e. The van der Waals surface area contributed by atoms with Gasteiger partial charge in [-0.05, 0) is 24.1 Å². The van der Waals surface area contributed by atoms with Crippen molar-refractivity contribution >= 4 is 12.1 Å². The molecule has 1 unspecified atom stereocenters. The zero-order valence-electron chi connectivity index (χ0n) is 12.0. The first-order chi connectivity index (χ1) is 10.8. The van der Waals surface area contributed by atoms with E-state index in [2.05, 4.69) is 5.48 Å². The van der Waals surface area contributed by atoms with Gasteiger partial charge in [-0.1, -0.05) is 12.1 Å². The molecule has 1 heterocycles. The van der Waals surface area contributed by atoms with E-state index in [0.29, 0.717) is 12.0 Å². The molecule has 1 atom stereocenters. The molecule has 0 spiro atoms. The first kappa shape index (κ1) is 17.1. The number of rotatable bonds is 4. The van der Waals surface area contributed by atoms with Crippen LogP contribution in [0, 0.1) is 5.92 Å². The first-order valence-electron chi connectivity index (χ1n) is 6.85. The van der Waals surface area contributed by atoms with E-state index in [1.165, 1.54) is 12.1 Å². The standard InChI is InChI=1S/C14H15F3N2O4/c15-14(16,17)11-3-1-9(2-4-11)7-18-23-12(20)10-5-6-19(8-10)13(21)22/h1-4,10,18H,5-8H2,(H,21,22). The van der Waals surface area contributed by atoms with Gasteiger partial charge in [0.25, 0.3) is 0 Å². The summed E-state index contributed by atoms with van der Waals surface area (Å²) in [5, 5.41) is 8.80. The Balaban J connectivity index is 1.77. The molecule has 1 fully saturated rings. The monoisotopic (exact) mass is 332 g/mol. The van der Waals surface area contributed by atoms with Crippen LogP contribution in [0.25, 0.3) is 0 Å². The van der Waals surface area contributed by atoms with Crippen molar-refractivity contribution in [2.45, 2.75) is 19.1 Å². The lowest BCUT2D eigenvalue weighted by Gasteiger charge is -2.12. The van der Waals surface area contributed by atoms with Crippen LogP contribution in [-0.2, 0) is 22.4 Å². The van der Waals surface area contributed by atoms with Crippen molar-refractivity contribution in [2.75, 3.05) is 13.1 Å². The van der Waals surface area contributed by atoms with Crippen LogP contribution in [0.15, 0.2) is 24.3 Å². The number of nitrogens with one attached hydrogen (secondary N) is 1. The number of hydroxylamine groups is 1. The van der Waals surface area contributed by atoms with Crippen molar-refractivity contribution in [3.8, 4) is 0 Å². The number of carboxylic acid groups (broad SMARTS) is 1. The van der Waals surface area contributed by atoms with Gasteiger partial charge in [0.1, 0.15) is 0 Å². The van der Waals surface area contributed by atoms with E-state index in [4.69, 9.17) is 9.94 Å². The van der Waals surface area contributed by atoms with Gasteiger partial charge in [-0.3, -0.25) is 0 Å². The van der Waals surface area contributed by atoms with Crippen LogP contribution in [0.5, 0.6) is 0 Å². The number of alkyl halides is 3. The number of carbonyl (C=O) groups is 2. The van der Waals surface area contributed by atoms with Crippen molar-refractivity contribution in [3.05, 3.63) is 35.4 Å². The van der Waals surface area contributed by atoms with Gasteiger partial charge < -0.3 is 14.8 Å². The van der Waals surface area contributed by atoms with Gasteiger partial charge in [-0.15, -0.1) is 5.48 Å². The Morgan fingerprint density at radius 3 is 2.48 bits per heavy atom. The molecule has 0 bridgehead atoms. The average Bonchev–Trinajstić information content (AvgIpc) is 2.97. The Bertz CT molecular complexity index is 574. The Morgan fingerprint density at radius 1 is 1.30 bits per heavy atom. The molecular weight excluding hydrogens is 317 g/mol. The van der Waals surface area contributed by atoms with Crippen molar-refractivity contribution in [1.29, 1.82) is 0 Å². The van der Waals surface area contributed by atoms with E-state index >= 15 is 0 Å². The van der Waals surface area contributed by atoms with Gasteiger partial charge in [-0.25, -0.2) is 9.59 Å². The molecule has 2 rings (SSSR count). The van der Waals surface area contributed by atoms with Gasteiger partial charge in [0, 0.05) is 13.1 Å². The predicted octanol–water partition coefficient (Wildman–Crippen LogP) is 2.25. The minimum absolute atomic E-state index is 0.0548. The second-order valence-electron chi connectivity index (χ2n) is 5.15. The fourth-order valence-electron chi connectivity index (χ4n) is 2.21. The fourth-order valence-corrected chi connectivity index (χ4v) is 2.21. The third-order valence-corrected chi connectivity index (χ3v) is 3.52. The van der Waals surface area contributed by atoms with Crippen LogP contribution in [0.2, 0.25) is 0 Å². The van der Waals surface area contributed by atoms with Crippen LogP contribution in [0.3, 0.4) is 0 Å². The average molecular weight is 332 g/mol. The fraction of sp³-hybridized carbons (Fsp3) is 0.429. The minimum atomic E-state index is -4.39. The van der Waals surface area contributed by atoms with E-state index in [0.717, 1.165) is 17.0 Å². The summed E-state index contributed by atoms with van der Waals surface area (Å²) < 4.78 is 37.2. The summed E-state index contributed by atoms with van der Waals surface area (Å²) in [7, 11) is 0. The molecule has 1 aliphatic heterocycles. The highest BCUT2D eigenvalue weighted by Gasteiger charge is 2.32. The number of halogens is 3. The highest BCUT2D eigenvalue weighted by atomic mass is 19.4. The highest BCUT2D eigenvalue weighted by molar-refractivity contribution is 5.74. The van der Waals surface area contributed by atoms with E-state index in [1.54, 1.807) is 0 Å². The molecule has 0 aromatic heterocycles. The van der Waals surface area contributed by atoms with Crippen molar-refractivity contribution in [2.24, 2.45) is 5.92 Å². The molecule has 0 aliphatic carbocycles. The summed E-state index contributed by atoms with van der Waals surface area (Å²) in [6, 6.07) is 4.46. The lowest BCUT2D eigenvalue weighted by molar-refractivity contribution is -0.156. The molecule has 1 amide bonds. The second-order valence-corrected chi connectivity index (χ2v) is 5.15. The zero-order chi connectivity index (χ0) is 17.0. The van der Waals surface area contributed by atoms with E-state index in [-0.39, 0.29) is 19.6 Å². The SMILES string of the molecule is O=C(ONCc1ccc(C(F)(F)F)cc1)C1CCN(C(=O)O)C1. The first-order valence-corrected chi connectivity index (χ1v) is 6.85. The number of likely N-dealkylation sites (tertiary alicyclic amines) is 1. The quantitative estimate of drug-likeness (QED) is 0.827. The Kier molecular flexibility index (Phi) is 5.09. The second kappa shape index (κ2) is 6.86. The summed E-state index contributed by atoms with van der Waals surface area (Å²) in [6.07, 6.45) is -5.10. The zero-order valence-corrected chi connectivity index (χ0v) is 12.0. The van der Waals surface area contributed by atoms with E-state index in [1.807, 2.05) is 0 Å². The summed E-state index contributed by atoms with van der Waals surface area (Å²) >= 11 is 0. The molecule has 1 aromatic rings. The van der Waals surface area contributed by atoms with Crippen molar-refractivity contribution in [3.63, 3.8) is 0 Å². The summed E-state index contributed by atoms with van der Waals surface area (Å²) in [5.74, 6) is -1.12. The maximum absolute atomic E-state index is 12.4. The Labute approximate surface area is 129 Å². The molecule has 6 nitrogen and oxygen atoms in total. The molecule has 126 valence electrons. The van der Waals surface area contributed by atoms with Crippen LogP contribution < -0.4 is 5.48 Å². The van der Waals surface area contributed by atoms with Gasteiger partial charge >= 0.3 is 18.2 Å². The number of hydrogen-bond donors (Lipinski definition) is 2. The molecule has 1 aliphatic rings. The van der Waals surface area contributed by atoms with Crippen molar-refractivity contribution in [1.82, 2.24) is 10.4 Å². The summed E-state index contributed by atoms with van der Waals surface area (Å²) in [4.78, 5) is 28.4. The number of nitrogens with zero attached hydrogens (tertiary/aromatic N) is 1. The molecule has 9 heteroatoms. The molecule has 0 saturated carbocycles. The van der Waals surface area contributed by atoms with E-state index < -0.39 is 29.7 Å². The number of benzene rings is 1. The molecule has 0 radical (unpaired) electrons. The van der Waals surface area contributed by atoms with Crippen LogP contribution in [0.1, 0.15) is 17.5 Å². The van der Waals surface area contributed by atoms with Gasteiger partial charge in [0.15, 0.2) is 0 Å². The third kappa shape index (κ3) is 4.59. The molecule has 1 saturated heterocycles. The van der Waals surface area contributed by atoms with E-state index in [9.17, 15) is 22.8 Å². The van der Waals surface area contributed by atoms with Crippen molar-refractivity contribution < 1.29 is 32.7 Å². The third-order valence-electron chi connectivity index (χ3n) is 3.52. The number of hydrogen-bond acceptors (Lipinski definition) is 4. The smallest absolute Gasteiger partial charge is 0.416 e. The topological polar surface area (TPSA) is 78.9 Å². The van der Waals surface area contributed by atoms with Gasteiger partial charge in [0.05, 0.1) is 18.0 Å². The maximum Gasteiger partial charge on any atom is 0.416 e. The molecule has 2 N–H and O–H groups in total. The molecular formula is C14H15F3N2O4. The highest BCUT2D eigenvalue weighted by Crippen LogP contribution is 2.29. The Hall–Kier alpha value is -2.29. The van der Waals surface area contributed by atoms with Crippen LogP contribution in [-0.4, -0.2) is 35.2 Å². The normalized spacial score (nSPS) is 18.0. The maximum atomic E-state index is 12.4. The number of carbonyl (C=O) groups excluding carboxylic acids is 1.